The van der Waals surface area contributed by atoms with Crippen LogP contribution in [0.1, 0.15) is 40.9 Å². The Labute approximate surface area is 188 Å². The van der Waals surface area contributed by atoms with Crippen LogP contribution in [0.25, 0.3) is 10.8 Å². The van der Waals surface area contributed by atoms with Crippen molar-refractivity contribution in [2.45, 2.75) is 39.8 Å². The lowest BCUT2D eigenvalue weighted by molar-refractivity contribution is -0.136. The summed E-state index contributed by atoms with van der Waals surface area (Å²) in [5.41, 5.74) is 1.60. The fraction of sp³-hybridized carbons (Fsp3) is 0.280. The van der Waals surface area contributed by atoms with Crippen LogP contribution in [0.3, 0.4) is 0 Å². The monoisotopic (exact) mass is 457 g/mol. The number of carbonyl (C=O) groups is 2. The maximum atomic E-state index is 14.9. The number of ether oxygens (including phenoxy) is 1. The number of aliphatic carboxylic acids is 1. The van der Waals surface area contributed by atoms with Crippen LogP contribution in [0.15, 0.2) is 42.5 Å². The van der Waals surface area contributed by atoms with Crippen LogP contribution in [0.2, 0.25) is 0 Å². The number of amides is 1. The van der Waals surface area contributed by atoms with Gasteiger partial charge in [-0.25, -0.2) is 4.39 Å². The van der Waals surface area contributed by atoms with E-state index in [1.165, 1.54) is 17.0 Å². The number of rotatable bonds is 7. The van der Waals surface area contributed by atoms with Crippen LogP contribution in [-0.4, -0.2) is 23.6 Å². The van der Waals surface area contributed by atoms with Crippen LogP contribution >= 0.6 is 0 Å². The predicted molar refractivity (Wildman–Crippen MR) is 117 cm³/mol. The van der Waals surface area contributed by atoms with Gasteiger partial charge in [-0.3, -0.25) is 9.59 Å². The van der Waals surface area contributed by atoms with E-state index in [0.29, 0.717) is 22.8 Å². The van der Waals surface area contributed by atoms with Gasteiger partial charge in [0.1, 0.15) is 11.6 Å². The lowest BCUT2D eigenvalue weighted by Gasteiger charge is -2.18. The van der Waals surface area contributed by atoms with Gasteiger partial charge in [0.05, 0.1) is 24.2 Å². The zero-order valence-electron chi connectivity index (χ0n) is 18.1. The van der Waals surface area contributed by atoms with Crippen molar-refractivity contribution in [3.63, 3.8) is 0 Å². The van der Waals surface area contributed by atoms with E-state index in [1.807, 2.05) is 13.8 Å². The second-order valence-corrected chi connectivity index (χ2v) is 8.43. The van der Waals surface area contributed by atoms with Gasteiger partial charge in [0, 0.05) is 5.39 Å². The largest absolute Gasteiger partial charge is 0.481 e. The summed E-state index contributed by atoms with van der Waals surface area (Å²) in [5, 5.41) is 10.1. The standard InChI is InChI=1S/C25H22F3NO4/c1-13(2)9-17-15-5-3-4-6-16(15)23(33-25(27)28)22-18(17)12-29(24(22)32)20-8-7-14(10-19(20)26)11-21(30)31/h3-8,10,13,25H,9,11-12H2,1-2H3,(H,30,31). The first-order valence-electron chi connectivity index (χ1n) is 10.5. The molecule has 8 heteroatoms. The van der Waals surface area contributed by atoms with Crippen LogP contribution in [-0.2, 0) is 24.2 Å². The number of hydrogen-bond acceptors (Lipinski definition) is 3. The van der Waals surface area contributed by atoms with Crippen molar-refractivity contribution in [2.24, 2.45) is 5.92 Å². The number of fused-ring (bicyclic) bond motifs is 2. The molecule has 0 spiro atoms. The highest BCUT2D eigenvalue weighted by molar-refractivity contribution is 6.16. The molecule has 5 nitrogen and oxygen atoms in total. The van der Waals surface area contributed by atoms with Crippen molar-refractivity contribution in [1.82, 2.24) is 0 Å². The Morgan fingerprint density at radius 3 is 2.45 bits per heavy atom. The van der Waals surface area contributed by atoms with E-state index < -0.39 is 24.3 Å². The maximum Gasteiger partial charge on any atom is 0.387 e. The zero-order chi connectivity index (χ0) is 23.9. The quantitative estimate of drug-likeness (QED) is 0.504. The molecule has 0 bridgehead atoms. The molecule has 1 N–H and O–H groups in total. The Hall–Kier alpha value is -3.55. The zero-order valence-corrected chi connectivity index (χ0v) is 18.1. The average molecular weight is 457 g/mol. The first kappa shape index (κ1) is 22.6. The molecule has 0 saturated carbocycles. The molecule has 0 aromatic heterocycles. The first-order valence-corrected chi connectivity index (χ1v) is 10.5. The summed E-state index contributed by atoms with van der Waals surface area (Å²) in [6.07, 6.45) is 0.237. The highest BCUT2D eigenvalue weighted by atomic mass is 19.3. The Kier molecular flexibility index (Phi) is 6.01. The summed E-state index contributed by atoms with van der Waals surface area (Å²) in [6.45, 7) is 0.887. The van der Waals surface area contributed by atoms with Crippen LogP contribution in [0.5, 0.6) is 5.75 Å². The molecule has 4 rings (SSSR count). The molecule has 0 radical (unpaired) electrons. The first-order chi connectivity index (χ1) is 15.7. The molecule has 3 aromatic carbocycles. The van der Waals surface area contributed by atoms with Gasteiger partial charge < -0.3 is 14.7 Å². The van der Waals surface area contributed by atoms with E-state index in [0.717, 1.165) is 11.6 Å². The minimum atomic E-state index is -3.14. The number of anilines is 1. The molecule has 1 amide bonds. The Balaban J connectivity index is 1.89. The van der Waals surface area contributed by atoms with Gasteiger partial charge in [0.25, 0.3) is 5.91 Å². The third kappa shape index (κ3) is 4.25. The minimum absolute atomic E-state index is 0.00412. The van der Waals surface area contributed by atoms with Gasteiger partial charge in [-0.05, 0) is 46.5 Å². The molecule has 172 valence electrons. The average Bonchev–Trinajstić information content (AvgIpc) is 3.06. The molecule has 0 fully saturated rings. The molecule has 1 aliphatic heterocycles. The third-order valence-corrected chi connectivity index (χ3v) is 5.64. The van der Waals surface area contributed by atoms with E-state index in [2.05, 4.69) is 0 Å². The van der Waals surface area contributed by atoms with Crippen molar-refractivity contribution in [3.8, 4) is 5.75 Å². The van der Waals surface area contributed by atoms with Crippen molar-refractivity contribution >= 4 is 28.3 Å². The van der Waals surface area contributed by atoms with E-state index in [9.17, 15) is 22.8 Å². The van der Waals surface area contributed by atoms with E-state index in [-0.39, 0.29) is 41.4 Å². The Morgan fingerprint density at radius 2 is 1.85 bits per heavy atom. The normalized spacial score (nSPS) is 13.3. The fourth-order valence-electron chi connectivity index (χ4n) is 4.40. The number of halogens is 3. The van der Waals surface area contributed by atoms with Gasteiger partial charge >= 0.3 is 12.6 Å². The topological polar surface area (TPSA) is 66.8 Å². The number of alkyl halides is 2. The molecule has 33 heavy (non-hydrogen) atoms. The van der Waals surface area contributed by atoms with Gasteiger partial charge in [-0.15, -0.1) is 0 Å². The van der Waals surface area contributed by atoms with Gasteiger partial charge in [-0.1, -0.05) is 44.2 Å². The number of benzene rings is 3. The molecule has 0 aliphatic carbocycles. The second kappa shape index (κ2) is 8.77. The number of nitrogens with zero attached hydrogens (tertiary/aromatic N) is 1. The third-order valence-electron chi connectivity index (χ3n) is 5.64. The summed E-state index contributed by atoms with van der Waals surface area (Å²) in [4.78, 5) is 25.5. The summed E-state index contributed by atoms with van der Waals surface area (Å²) >= 11 is 0. The fourth-order valence-corrected chi connectivity index (χ4v) is 4.40. The van der Waals surface area contributed by atoms with E-state index in [4.69, 9.17) is 9.84 Å². The van der Waals surface area contributed by atoms with Crippen molar-refractivity contribution in [3.05, 3.63) is 70.5 Å². The smallest absolute Gasteiger partial charge is 0.387 e. The molecular formula is C25H22F3NO4. The van der Waals surface area contributed by atoms with E-state index >= 15 is 0 Å². The van der Waals surface area contributed by atoms with Gasteiger partial charge in [0.2, 0.25) is 0 Å². The highest BCUT2D eigenvalue weighted by Gasteiger charge is 2.37. The molecule has 0 atom stereocenters. The number of carboxylic acids is 1. The number of hydrogen-bond donors (Lipinski definition) is 1. The number of carboxylic acid groups (broad SMARTS) is 1. The van der Waals surface area contributed by atoms with Crippen molar-refractivity contribution in [2.75, 3.05) is 4.90 Å². The summed E-state index contributed by atoms with van der Waals surface area (Å²) in [6, 6.07) is 10.8. The SMILES string of the molecule is CC(C)Cc1c2c(c(OC(F)F)c3ccccc13)C(=O)N(c1ccc(CC(=O)O)cc1F)C2. The molecule has 0 saturated heterocycles. The second-order valence-electron chi connectivity index (χ2n) is 8.43. The van der Waals surface area contributed by atoms with Crippen LogP contribution < -0.4 is 9.64 Å². The summed E-state index contributed by atoms with van der Waals surface area (Å²) in [5.74, 6) is -2.50. The van der Waals surface area contributed by atoms with Crippen molar-refractivity contribution in [1.29, 1.82) is 0 Å². The predicted octanol–water partition coefficient (Wildman–Crippen LogP) is 5.57. The Morgan fingerprint density at radius 1 is 1.15 bits per heavy atom. The van der Waals surface area contributed by atoms with Crippen LogP contribution in [0.4, 0.5) is 18.9 Å². The molecule has 1 aliphatic rings. The van der Waals surface area contributed by atoms with Gasteiger partial charge in [0.15, 0.2) is 0 Å². The minimum Gasteiger partial charge on any atom is -0.481 e. The van der Waals surface area contributed by atoms with Crippen molar-refractivity contribution < 1.29 is 32.6 Å². The Bertz CT molecular complexity index is 1260. The lowest BCUT2D eigenvalue weighted by Crippen LogP contribution is -2.24. The van der Waals surface area contributed by atoms with Gasteiger partial charge in [-0.2, -0.15) is 8.78 Å². The molecular weight excluding hydrogens is 435 g/mol. The van der Waals surface area contributed by atoms with Crippen LogP contribution in [0, 0.1) is 11.7 Å². The van der Waals surface area contributed by atoms with E-state index in [1.54, 1.807) is 24.3 Å². The molecule has 3 aromatic rings. The molecule has 1 heterocycles. The lowest BCUT2D eigenvalue weighted by atomic mass is 9.89. The maximum absolute atomic E-state index is 14.9. The molecule has 0 unspecified atom stereocenters. The highest BCUT2D eigenvalue weighted by Crippen LogP contribution is 2.44. The summed E-state index contributed by atoms with van der Waals surface area (Å²) < 4.78 is 46.4. The number of carbonyl (C=O) groups excluding carboxylic acids is 1. The summed E-state index contributed by atoms with van der Waals surface area (Å²) in [7, 11) is 0.